The number of nitrogens with two attached hydrogens (primary N) is 2. The Hall–Kier alpha value is -4.19. The van der Waals surface area contributed by atoms with Crippen LogP contribution in [0.2, 0.25) is 0 Å². The molecule has 1 aliphatic rings. The van der Waals surface area contributed by atoms with E-state index >= 15 is 0 Å². The number of amides is 2. The Morgan fingerprint density at radius 3 is 2.30 bits per heavy atom. The monoisotopic (exact) mass is 603 g/mol. The average Bonchev–Trinajstić information content (AvgIpc) is 3.57. The van der Waals surface area contributed by atoms with E-state index in [9.17, 15) is 9.59 Å². The molecule has 2 heterocycles. The third kappa shape index (κ3) is 7.42. The van der Waals surface area contributed by atoms with Crippen LogP contribution in [0, 0.1) is 11.8 Å². The van der Waals surface area contributed by atoms with E-state index in [1.54, 1.807) is 24.3 Å². The number of carbonyl (C=O) groups excluding carboxylic acids is 2. The van der Waals surface area contributed by atoms with Gasteiger partial charge < -0.3 is 16.4 Å². The zero-order valence-corrected chi connectivity index (χ0v) is 25.2. The second-order valence-electron chi connectivity index (χ2n) is 11.1. The van der Waals surface area contributed by atoms with E-state index in [-0.39, 0.29) is 30.7 Å². The number of benzene rings is 2. The number of nitrogens with one attached hydrogen (secondary N) is 1. The standard InChI is InChI=1S/C31H37N9O2.ClH/c1-39(2)28-15-12-25(19-34-28)24-5-3-4-21(16-24)17-27(33)31(42)40(30(41)23-8-6-20(18-32)7-9-23)26-13-10-22(11-14-26)29-35-37-38-36-29;/h3-5,10-16,19-20,23,27H,6-9,17-18,32-33H2,1-2H3,(H,35,36,37,38);1H/t20-,23-,27-;/m0./s1. The fraction of sp³-hybridized carbons (Fsp3) is 0.355. The highest BCUT2D eigenvalue weighted by molar-refractivity contribution is 6.17. The van der Waals surface area contributed by atoms with Gasteiger partial charge in [0.15, 0.2) is 5.82 Å². The maximum atomic E-state index is 13.9. The number of aromatic nitrogens is 5. The first kappa shape index (κ1) is 31.7. The van der Waals surface area contributed by atoms with Crippen LogP contribution in [0.4, 0.5) is 11.5 Å². The van der Waals surface area contributed by atoms with Crippen LogP contribution in [-0.2, 0) is 16.0 Å². The Kier molecular flexibility index (Phi) is 10.6. The topological polar surface area (TPSA) is 160 Å². The molecular formula is C31H38ClN9O2. The lowest BCUT2D eigenvalue weighted by atomic mass is 9.81. The van der Waals surface area contributed by atoms with Crippen LogP contribution in [0.5, 0.6) is 0 Å². The van der Waals surface area contributed by atoms with E-state index in [2.05, 4.69) is 25.6 Å². The molecule has 5 rings (SSSR count). The van der Waals surface area contributed by atoms with Gasteiger partial charge in [0.2, 0.25) is 5.91 Å². The maximum absolute atomic E-state index is 13.9. The number of imide groups is 1. The molecular weight excluding hydrogens is 566 g/mol. The van der Waals surface area contributed by atoms with E-state index in [1.807, 2.05) is 61.6 Å². The number of pyridine rings is 1. The molecule has 1 saturated carbocycles. The van der Waals surface area contributed by atoms with Gasteiger partial charge in [-0.25, -0.2) is 15.0 Å². The zero-order valence-electron chi connectivity index (χ0n) is 24.4. The summed E-state index contributed by atoms with van der Waals surface area (Å²) >= 11 is 0. The molecule has 2 aromatic heterocycles. The van der Waals surface area contributed by atoms with Gasteiger partial charge in [-0.05, 0) is 103 Å². The minimum atomic E-state index is -0.919. The second-order valence-corrected chi connectivity index (χ2v) is 11.1. The van der Waals surface area contributed by atoms with Crippen molar-refractivity contribution >= 4 is 35.7 Å². The normalized spacial score (nSPS) is 17.0. The summed E-state index contributed by atoms with van der Waals surface area (Å²) in [4.78, 5) is 35.5. The van der Waals surface area contributed by atoms with Crippen molar-refractivity contribution in [3.63, 3.8) is 0 Å². The van der Waals surface area contributed by atoms with Gasteiger partial charge in [0.05, 0.1) is 11.7 Å². The first-order valence-electron chi connectivity index (χ1n) is 14.2. The van der Waals surface area contributed by atoms with Gasteiger partial charge >= 0.3 is 0 Å². The van der Waals surface area contributed by atoms with Gasteiger partial charge in [0.1, 0.15) is 5.82 Å². The second kappa shape index (κ2) is 14.3. The van der Waals surface area contributed by atoms with Crippen LogP contribution in [0.15, 0.2) is 66.9 Å². The molecule has 2 amide bonds. The summed E-state index contributed by atoms with van der Waals surface area (Å²) in [7, 11) is 3.89. The molecule has 4 aromatic rings. The highest BCUT2D eigenvalue weighted by atomic mass is 35.5. The number of hydrogen-bond donors (Lipinski definition) is 3. The predicted octanol–water partition coefficient (Wildman–Crippen LogP) is 3.61. The van der Waals surface area contributed by atoms with Crippen LogP contribution in [0.3, 0.4) is 0 Å². The first-order valence-corrected chi connectivity index (χ1v) is 14.2. The van der Waals surface area contributed by atoms with Crippen molar-refractivity contribution in [3.8, 4) is 22.5 Å². The summed E-state index contributed by atoms with van der Waals surface area (Å²) in [5.41, 5.74) is 16.5. The van der Waals surface area contributed by atoms with Crippen molar-refractivity contribution < 1.29 is 9.59 Å². The first-order chi connectivity index (χ1) is 20.3. The summed E-state index contributed by atoms with van der Waals surface area (Å²) in [6, 6.07) is 18.0. The Morgan fingerprint density at radius 2 is 1.70 bits per heavy atom. The zero-order chi connectivity index (χ0) is 29.6. The Labute approximate surface area is 257 Å². The van der Waals surface area contributed by atoms with Crippen LogP contribution in [0.1, 0.15) is 31.2 Å². The van der Waals surface area contributed by atoms with E-state index in [0.29, 0.717) is 36.8 Å². The minimum absolute atomic E-state index is 0. The van der Waals surface area contributed by atoms with E-state index < -0.39 is 11.9 Å². The minimum Gasteiger partial charge on any atom is -0.363 e. The fourth-order valence-electron chi connectivity index (χ4n) is 5.45. The largest absolute Gasteiger partial charge is 0.363 e. The molecule has 1 aliphatic carbocycles. The van der Waals surface area contributed by atoms with E-state index in [0.717, 1.165) is 40.9 Å². The maximum Gasteiger partial charge on any atom is 0.251 e. The molecule has 0 aliphatic heterocycles. The lowest BCUT2D eigenvalue weighted by Gasteiger charge is -2.32. The predicted molar refractivity (Wildman–Crippen MR) is 170 cm³/mol. The van der Waals surface area contributed by atoms with Crippen molar-refractivity contribution in [2.75, 3.05) is 30.4 Å². The highest BCUT2D eigenvalue weighted by Gasteiger charge is 2.35. The third-order valence-electron chi connectivity index (χ3n) is 7.95. The molecule has 43 heavy (non-hydrogen) atoms. The molecule has 12 heteroatoms. The number of tetrazole rings is 1. The summed E-state index contributed by atoms with van der Waals surface area (Å²) in [5, 5.41) is 13.9. The number of carbonyl (C=O) groups is 2. The molecule has 2 aromatic carbocycles. The number of nitrogens with zero attached hydrogens (tertiary/aromatic N) is 6. The molecule has 5 N–H and O–H groups in total. The smallest absolute Gasteiger partial charge is 0.251 e. The Morgan fingerprint density at radius 1 is 0.977 bits per heavy atom. The van der Waals surface area contributed by atoms with Gasteiger partial charge in [-0.15, -0.1) is 17.5 Å². The molecule has 0 spiro atoms. The molecule has 226 valence electrons. The third-order valence-corrected chi connectivity index (χ3v) is 7.95. The molecule has 0 unspecified atom stereocenters. The molecule has 11 nitrogen and oxygen atoms in total. The number of anilines is 2. The molecule has 0 radical (unpaired) electrons. The van der Waals surface area contributed by atoms with Crippen LogP contribution in [0.25, 0.3) is 22.5 Å². The Bertz CT molecular complexity index is 1490. The average molecular weight is 604 g/mol. The molecule has 1 fully saturated rings. The highest BCUT2D eigenvalue weighted by Crippen LogP contribution is 2.32. The lowest BCUT2D eigenvalue weighted by Crippen LogP contribution is -2.50. The quantitative estimate of drug-likeness (QED) is 0.259. The van der Waals surface area contributed by atoms with Crippen molar-refractivity contribution in [1.82, 2.24) is 25.6 Å². The molecule has 1 atom stereocenters. The summed E-state index contributed by atoms with van der Waals surface area (Å²) in [6.07, 6.45) is 5.25. The van der Waals surface area contributed by atoms with Crippen molar-refractivity contribution in [3.05, 3.63) is 72.4 Å². The van der Waals surface area contributed by atoms with Gasteiger partial charge in [-0.3, -0.25) is 9.59 Å². The van der Waals surface area contributed by atoms with Gasteiger partial charge in [-0.2, -0.15) is 0 Å². The van der Waals surface area contributed by atoms with E-state index in [1.165, 1.54) is 4.90 Å². The van der Waals surface area contributed by atoms with Crippen LogP contribution >= 0.6 is 12.4 Å². The van der Waals surface area contributed by atoms with Crippen molar-refractivity contribution in [2.45, 2.75) is 38.1 Å². The molecule has 0 bridgehead atoms. The number of rotatable bonds is 9. The van der Waals surface area contributed by atoms with Crippen molar-refractivity contribution in [2.24, 2.45) is 23.3 Å². The summed E-state index contributed by atoms with van der Waals surface area (Å²) < 4.78 is 0. The summed E-state index contributed by atoms with van der Waals surface area (Å²) in [6.45, 7) is 0.612. The summed E-state index contributed by atoms with van der Waals surface area (Å²) in [5.74, 6) is 0.862. The number of H-pyrrole nitrogens is 1. The lowest BCUT2D eigenvalue weighted by molar-refractivity contribution is -0.130. The number of aromatic amines is 1. The number of halogens is 1. The van der Waals surface area contributed by atoms with E-state index in [4.69, 9.17) is 11.5 Å². The fourth-order valence-corrected chi connectivity index (χ4v) is 5.45. The Balaban J connectivity index is 0.00000423. The van der Waals surface area contributed by atoms with Crippen LogP contribution < -0.4 is 21.3 Å². The van der Waals surface area contributed by atoms with Gasteiger partial charge in [0.25, 0.3) is 5.91 Å². The number of hydrogen-bond acceptors (Lipinski definition) is 9. The van der Waals surface area contributed by atoms with Crippen LogP contribution in [-0.4, -0.2) is 64.1 Å². The SMILES string of the molecule is CN(C)c1ccc(-c2cccc(C[C@H](N)C(=O)N(c3ccc(-c4nnn[nH]4)cc3)C(=O)[C@H]3CC[C@H](CN)CC3)c2)cn1.Cl. The molecule has 0 saturated heterocycles. The van der Waals surface area contributed by atoms with Gasteiger partial charge in [-0.1, -0.05) is 24.3 Å². The van der Waals surface area contributed by atoms with Crippen molar-refractivity contribution in [1.29, 1.82) is 0 Å². The van der Waals surface area contributed by atoms with Gasteiger partial charge in [0, 0.05) is 37.3 Å².